The van der Waals surface area contributed by atoms with Crippen LogP contribution in [0.15, 0.2) is 11.6 Å². The van der Waals surface area contributed by atoms with E-state index in [0.717, 1.165) is 32.1 Å². The molecule has 0 aromatic heterocycles. The lowest BCUT2D eigenvalue weighted by Crippen LogP contribution is -2.67. The van der Waals surface area contributed by atoms with Gasteiger partial charge >= 0.3 is 0 Å². The molecule has 2 saturated carbocycles. The Balaban J connectivity index is 0.000000615. The first kappa shape index (κ1) is 20.7. The van der Waals surface area contributed by atoms with E-state index in [1.807, 2.05) is 41.5 Å². The first-order valence-electron chi connectivity index (χ1n) is 9.90. The Hall–Kier alpha value is -0.340. The second-order valence-corrected chi connectivity index (χ2v) is 7.74. The largest absolute Gasteiger partial charge is 0.389 e. The molecule has 2 fully saturated rings. The molecule has 0 saturated heterocycles. The maximum Gasteiger partial charge on any atom is 0.0768 e. The fourth-order valence-electron chi connectivity index (χ4n) is 5.60. The molecular weight excluding hydrogens is 284 g/mol. The fraction of sp³-hybridized carbons (Fsp3) is 0.905. The van der Waals surface area contributed by atoms with Crippen LogP contribution in [0.2, 0.25) is 0 Å². The molecule has 0 bridgehead atoms. The molecule has 3 rings (SSSR count). The van der Waals surface area contributed by atoms with Gasteiger partial charge in [0.05, 0.1) is 11.2 Å². The van der Waals surface area contributed by atoms with Crippen LogP contribution in [0.5, 0.6) is 0 Å². The average Bonchev–Trinajstić information content (AvgIpc) is 3.17. The van der Waals surface area contributed by atoms with Crippen molar-refractivity contribution in [1.82, 2.24) is 0 Å². The molecule has 0 aromatic carbocycles. The van der Waals surface area contributed by atoms with E-state index in [0.29, 0.717) is 5.92 Å². The van der Waals surface area contributed by atoms with E-state index in [2.05, 4.69) is 19.9 Å². The molecule has 5 atom stereocenters. The number of fused-ring (bicyclic) bond motifs is 1. The van der Waals surface area contributed by atoms with E-state index in [-0.39, 0.29) is 17.3 Å². The van der Waals surface area contributed by atoms with Crippen LogP contribution >= 0.6 is 0 Å². The zero-order chi connectivity index (χ0) is 18.1. The van der Waals surface area contributed by atoms with Crippen LogP contribution < -0.4 is 0 Å². The van der Waals surface area contributed by atoms with E-state index >= 15 is 0 Å². The van der Waals surface area contributed by atoms with Gasteiger partial charge in [-0.25, -0.2) is 0 Å². The number of aliphatic hydroxyl groups is 2. The summed E-state index contributed by atoms with van der Waals surface area (Å²) in [6.45, 7) is 16.4. The molecule has 2 N–H and O–H groups in total. The molecule has 136 valence electrons. The summed E-state index contributed by atoms with van der Waals surface area (Å²) < 4.78 is 0. The van der Waals surface area contributed by atoms with Crippen molar-refractivity contribution in [1.29, 1.82) is 0 Å². The van der Waals surface area contributed by atoms with Crippen molar-refractivity contribution in [3.05, 3.63) is 11.6 Å². The van der Waals surface area contributed by atoms with Gasteiger partial charge in [-0.15, -0.1) is 0 Å². The smallest absolute Gasteiger partial charge is 0.0768 e. The van der Waals surface area contributed by atoms with E-state index in [9.17, 15) is 10.2 Å². The fourth-order valence-corrected chi connectivity index (χ4v) is 5.60. The maximum absolute atomic E-state index is 11.4. The molecule has 0 aliphatic heterocycles. The number of allylic oxidation sites excluding steroid dienone is 1. The first-order valence-corrected chi connectivity index (χ1v) is 9.90. The first-order chi connectivity index (χ1) is 10.7. The molecular formula is C21H40O2. The van der Waals surface area contributed by atoms with Crippen LogP contribution in [0.4, 0.5) is 0 Å². The van der Waals surface area contributed by atoms with E-state index in [4.69, 9.17) is 0 Å². The third-order valence-electron chi connectivity index (χ3n) is 6.90. The lowest BCUT2D eigenvalue weighted by Gasteiger charge is -2.61. The summed E-state index contributed by atoms with van der Waals surface area (Å²) >= 11 is 0. The number of rotatable bonds is 0. The molecule has 0 amide bonds. The van der Waals surface area contributed by atoms with Crippen LogP contribution in [0, 0.1) is 23.2 Å². The molecule has 2 heteroatoms. The summed E-state index contributed by atoms with van der Waals surface area (Å²) in [5, 5.41) is 22.6. The average molecular weight is 325 g/mol. The van der Waals surface area contributed by atoms with Gasteiger partial charge in [0.1, 0.15) is 0 Å². The Morgan fingerprint density at radius 3 is 1.87 bits per heavy atom. The van der Waals surface area contributed by atoms with Crippen molar-refractivity contribution in [3.8, 4) is 0 Å². The van der Waals surface area contributed by atoms with Crippen molar-refractivity contribution in [2.24, 2.45) is 23.2 Å². The second kappa shape index (κ2) is 7.27. The number of hydrogen-bond donors (Lipinski definition) is 2. The van der Waals surface area contributed by atoms with E-state index in [1.165, 1.54) is 5.57 Å². The second-order valence-electron chi connectivity index (χ2n) is 7.74. The quantitative estimate of drug-likeness (QED) is 0.591. The molecule has 4 unspecified atom stereocenters. The summed E-state index contributed by atoms with van der Waals surface area (Å²) in [6, 6.07) is 0. The minimum absolute atomic E-state index is 0.167. The highest BCUT2D eigenvalue weighted by Gasteiger charge is 2.68. The van der Waals surface area contributed by atoms with Crippen LogP contribution in [0.3, 0.4) is 0 Å². The Labute approximate surface area is 144 Å². The molecule has 3 aliphatic rings. The monoisotopic (exact) mass is 324 g/mol. The lowest BCUT2D eigenvalue weighted by molar-refractivity contribution is -0.233. The maximum atomic E-state index is 11.4. The lowest BCUT2D eigenvalue weighted by atomic mass is 9.47. The third-order valence-corrected chi connectivity index (χ3v) is 6.90. The summed E-state index contributed by atoms with van der Waals surface area (Å²) in [6.07, 6.45) is 7.57. The van der Waals surface area contributed by atoms with Crippen LogP contribution in [0.1, 0.15) is 87.5 Å². The van der Waals surface area contributed by atoms with Gasteiger partial charge in [-0.05, 0) is 39.0 Å². The van der Waals surface area contributed by atoms with Gasteiger partial charge in [0.15, 0.2) is 0 Å². The molecule has 3 aliphatic carbocycles. The Kier molecular flexibility index (Phi) is 6.54. The van der Waals surface area contributed by atoms with Crippen molar-refractivity contribution < 1.29 is 10.2 Å². The molecule has 0 heterocycles. The molecule has 23 heavy (non-hydrogen) atoms. The van der Waals surface area contributed by atoms with Gasteiger partial charge in [0.25, 0.3) is 0 Å². The van der Waals surface area contributed by atoms with Crippen molar-refractivity contribution >= 4 is 0 Å². The Morgan fingerprint density at radius 2 is 1.39 bits per heavy atom. The number of hydrogen-bond acceptors (Lipinski definition) is 2. The summed E-state index contributed by atoms with van der Waals surface area (Å²) in [4.78, 5) is 0. The topological polar surface area (TPSA) is 40.5 Å². The minimum Gasteiger partial charge on any atom is -0.389 e. The Morgan fingerprint density at radius 1 is 0.913 bits per heavy atom. The van der Waals surface area contributed by atoms with Gasteiger partial charge < -0.3 is 10.2 Å². The highest BCUT2D eigenvalue weighted by Crippen LogP contribution is 2.66. The van der Waals surface area contributed by atoms with Crippen molar-refractivity contribution in [2.75, 3.05) is 0 Å². The Bertz CT molecular complexity index is 414. The highest BCUT2D eigenvalue weighted by atomic mass is 16.3. The van der Waals surface area contributed by atoms with Crippen molar-refractivity contribution in [2.45, 2.75) is 98.7 Å². The zero-order valence-electron chi connectivity index (χ0n) is 16.7. The van der Waals surface area contributed by atoms with E-state index in [1.54, 1.807) is 0 Å². The van der Waals surface area contributed by atoms with Crippen LogP contribution in [-0.4, -0.2) is 21.4 Å². The van der Waals surface area contributed by atoms with Crippen LogP contribution in [-0.2, 0) is 0 Å². The van der Waals surface area contributed by atoms with Gasteiger partial charge in [-0.1, -0.05) is 66.0 Å². The zero-order valence-corrected chi connectivity index (χ0v) is 16.7. The highest BCUT2D eigenvalue weighted by molar-refractivity contribution is 5.33. The predicted octanol–water partition coefficient (Wildman–Crippen LogP) is 5.33. The standard InChI is InChI=1S/C17H28O2.2C2H6/c1-11-9-13-12(2)15(3,18)17(7-5-6-8-17)16(4,19)14(13)10-11;2*1-2/h9,11-12,14,18-19H,5-8,10H2,1-4H3;2*1-2H3/t11?,12-,14?,15?,16?;;/m1../s1. The minimum atomic E-state index is -0.792. The summed E-state index contributed by atoms with van der Waals surface area (Å²) in [5.74, 6) is 0.942. The van der Waals surface area contributed by atoms with Gasteiger partial charge in [0.2, 0.25) is 0 Å². The van der Waals surface area contributed by atoms with Crippen LogP contribution in [0.25, 0.3) is 0 Å². The molecule has 0 aromatic rings. The molecule has 1 spiro atoms. The SMILES string of the molecule is CC.CC.CC1C=C2C(C1)C(C)(O)C1(CCCC1)C(C)(O)[C@@H]2C. The van der Waals surface area contributed by atoms with Crippen molar-refractivity contribution in [3.63, 3.8) is 0 Å². The normalized spacial score (nSPS) is 43.7. The predicted molar refractivity (Wildman–Crippen MR) is 99.4 cm³/mol. The molecule has 2 nitrogen and oxygen atoms in total. The van der Waals surface area contributed by atoms with E-state index < -0.39 is 11.2 Å². The third kappa shape index (κ3) is 2.80. The van der Waals surface area contributed by atoms with Gasteiger partial charge in [0, 0.05) is 17.3 Å². The summed E-state index contributed by atoms with van der Waals surface area (Å²) in [5.41, 5.74) is -0.568. The molecule has 0 radical (unpaired) electrons. The van der Waals surface area contributed by atoms with Gasteiger partial charge in [-0.3, -0.25) is 0 Å². The van der Waals surface area contributed by atoms with Gasteiger partial charge in [-0.2, -0.15) is 0 Å². The summed E-state index contributed by atoms with van der Waals surface area (Å²) in [7, 11) is 0.